The number of nitrogens with one attached hydrogen (secondary N) is 1. The van der Waals surface area contributed by atoms with E-state index in [4.69, 9.17) is 11.6 Å². The van der Waals surface area contributed by atoms with Gasteiger partial charge in [-0.3, -0.25) is 0 Å². The second-order valence-corrected chi connectivity index (χ2v) is 7.74. The molecule has 1 aromatic carbocycles. The average Bonchev–Trinajstić information content (AvgIpc) is 2.32. The van der Waals surface area contributed by atoms with Crippen molar-refractivity contribution in [1.82, 2.24) is 9.62 Å². The van der Waals surface area contributed by atoms with Gasteiger partial charge in [-0.25, -0.2) is 8.42 Å². The van der Waals surface area contributed by atoms with E-state index in [0.29, 0.717) is 17.6 Å². The van der Waals surface area contributed by atoms with Gasteiger partial charge in [0.2, 0.25) is 10.0 Å². The number of nitrogens with zero attached hydrogens (tertiary/aromatic N) is 1. The first-order valence-electron chi connectivity index (χ1n) is 6.05. The van der Waals surface area contributed by atoms with Crippen LogP contribution in [0.1, 0.15) is 13.8 Å². The lowest BCUT2D eigenvalue weighted by molar-refractivity contribution is 0.233. The summed E-state index contributed by atoms with van der Waals surface area (Å²) in [6.45, 7) is 4.98. The van der Waals surface area contributed by atoms with Crippen molar-refractivity contribution in [2.45, 2.75) is 30.8 Å². The Morgan fingerprint density at radius 3 is 2.65 bits per heavy atom. The molecule has 0 aliphatic carbocycles. The summed E-state index contributed by atoms with van der Waals surface area (Å²) < 4.78 is 27.5. The maximum atomic E-state index is 12.8. The summed E-state index contributed by atoms with van der Waals surface area (Å²) in [5.41, 5.74) is 0. The number of rotatable bonds is 2. The molecule has 1 aromatic rings. The van der Waals surface area contributed by atoms with E-state index >= 15 is 0 Å². The Balaban J connectivity index is 0.00000200. The largest absolute Gasteiger partial charge is 0.311 e. The van der Waals surface area contributed by atoms with Crippen LogP contribution in [0, 0.1) is 0 Å². The molecule has 114 valence electrons. The van der Waals surface area contributed by atoms with E-state index in [-0.39, 0.29) is 34.4 Å². The third-order valence-corrected chi connectivity index (χ3v) is 6.90. The molecule has 0 saturated carbocycles. The maximum absolute atomic E-state index is 12.8. The van der Waals surface area contributed by atoms with Crippen LogP contribution >= 0.6 is 39.9 Å². The molecule has 4 nitrogen and oxygen atoms in total. The maximum Gasteiger partial charge on any atom is 0.246 e. The molecular weight excluding hydrogens is 387 g/mol. The zero-order valence-electron chi connectivity index (χ0n) is 11.1. The normalized spacial score (nSPS) is 24.2. The van der Waals surface area contributed by atoms with Gasteiger partial charge in [-0.05, 0) is 41.9 Å². The monoisotopic (exact) mass is 402 g/mol. The van der Waals surface area contributed by atoms with Gasteiger partial charge < -0.3 is 5.32 Å². The Kier molecular flexibility index (Phi) is 6.32. The average molecular weight is 404 g/mol. The molecule has 1 heterocycles. The highest BCUT2D eigenvalue weighted by atomic mass is 79.9. The first kappa shape index (κ1) is 18.2. The van der Waals surface area contributed by atoms with Crippen molar-refractivity contribution >= 4 is 50.0 Å². The standard InChI is InChI=1S/C12H16BrClN2O2S.ClH/c1-8-9(2)16(7-6-15-8)19(17,18)12-10(13)4-3-5-11(12)14;/h3-5,8-9,15H,6-7H2,1-2H3;1H. The highest BCUT2D eigenvalue weighted by Crippen LogP contribution is 2.33. The van der Waals surface area contributed by atoms with Gasteiger partial charge in [-0.2, -0.15) is 4.31 Å². The molecule has 1 fully saturated rings. The smallest absolute Gasteiger partial charge is 0.246 e. The molecule has 2 atom stereocenters. The lowest BCUT2D eigenvalue weighted by Gasteiger charge is -2.37. The minimum atomic E-state index is -3.59. The van der Waals surface area contributed by atoms with E-state index in [1.165, 1.54) is 4.31 Å². The van der Waals surface area contributed by atoms with Gasteiger partial charge in [0, 0.05) is 29.6 Å². The number of benzene rings is 1. The summed E-state index contributed by atoms with van der Waals surface area (Å²) in [6.07, 6.45) is 0. The van der Waals surface area contributed by atoms with Crippen molar-refractivity contribution in [3.63, 3.8) is 0 Å². The van der Waals surface area contributed by atoms with Gasteiger partial charge in [0.05, 0.1) is 5.02 Å². The molecule has 1 aliphatic rings. The lowest BCUT2D eigenvalue weighted by Crippen LogP contribution is -2.57. The van der Waals surface area contributed by atoms with Crippen LogP contribution in [0.3, 0.4) is 0 Å². The second kappa shape index (κ2) is 6.94. The Morgan fingerprint density at radius 2 is 2.05 bits per heavy atom. The SMILES string of the molecule is CC1NCCN(S(=O)(=O)c2c(Cl)cccc2Br)C1C.Cl. The highest BCUT2D eigenvalue weighted by molar-refractivity contribution is 9.10. The summed E-state index contributed by atoms with van der Waals surface area (Å²) >= 11 is 9.34. The molecule has 1 aliphatic heterocycles. The van der Waals surface area contributed by atoms with Gasteiger partial charge in [-0.1, -0.05) is 17.7 Å². The number of halogens is 3. The van der Waals surface area contributed by atoms with Crippen molar-refractivity contribution in [3.05, 3.63) is 27.7 Å². The van der Waals surface area contributed by atoms with Crippen molar-refractivity contribution in [2.24, 2.45) is 0 Å². The summed E-state index contributed by atoms with van der Waals surface area (Å²) in [5.74, 6) is 0. The van der Waals surface area contributed by atoms with Crippen molar-refractivity contribution in [2.75, 3.05) is 13.1 Å². The van der Waals surface area contributed by atoms with Gasteiger partial charge in [0.1, 0.15) is 4.90 Å². The number of hydrogen-bond donors (Lipinski definition) is 1. The summed E-state index contributed by atoms with van der Waals surface area (Å²) in [7, 11) is -3.59. The van der Waals surface area contributed by atoms with Crippen LogP contribution < -0.4 is 5.32 Å². The Morgan fingerprint density at radius 1 is 1.40 bits per heavy atom. The van der Waals surface area contributed by atoms with Gasteiger partial charge in [-0.15, -0.1) is 12.4 Å². The topological polar surface area (TPSA) is 49.4 Å². The molecular formula is C12H17BrCl2N2O2S. The van der Waals surface area contributed by atoms with Crippen molar-refractivity contribution < 1.29 is 8.42 Å². The predicted octanol–water partition coefficient (Wildman–Crippen LogP) is 2.90. The predicted molar refractivity (Wildman–Crippen MR) is 87.2 cm³/mol. The summed E-state index contributed by atoms with van der Waals surface area (Å²) in [5, 5.41) is 3.51. The summed E-state index contributed by atoms with van der Waals surface area (Å²) in [6, 6.07) is 5.01. The molecule has 2 unspecified atom stereocenters. The zero-order chi connectivity index (χ0) is 14.2. The van der Waals surface area contributed by atoms with Crippen molar-refractivity contribution in [3.8, 4) is 0 Å². The molecule has 0 radical (unpaired) electrons. The molecule has 20 heavy (non-hydrogen) atoms. The fourth-order valence-electron chi connectivity index (χ4n) is 2.21. The van der Waals surface area contributed by atoms with E-state index in [2.05, 4.69) is 21.2 Å². The first-order valence-corrected chi connectivity index (χ1v) is 8.66. The number of hydrogen-bond acceptors (Lipinski definition) is 3. The van der Waals surface area contributed by atoms with Crippen molar-refractivity contribution in [1.29, 1.82) is 0 Å². The van der Waals surface area contributed by atoms with E-state index in [1.807, 2.05) is 13.8 Å². The van der Waals surface area contributed by atoms with Crippen LogP contribution in [-0.2, 0) is 10.0 Å². The minimum absolute atomic E-state index is 0. The van der Waals surface area contributed by atoms with Gasteiger partial charge >= 0.3 is 0 Å². The fourth-order valence-corrected chi connectivity index (χ4v) is 5.59. The van der Waals surface area contributed by atoms with E-state index < -0.39 is 10.0 Å². The molecule has 1 N–H and O–H groups in total. The minimum Gasteiger partial charge on any atom is -0.311 e. The molecule has 1 saturated heterocycles. The quantitative estimate of drug-likeness (QED) is 0.825. The molecule has 8 heteroatoms. The molecule has 0 amide bonds. The van der Waals surface area contributed by atoms with Crippen LogP contribution in [0.15, 0.2) is 27.6 Å². The van der Waals surface area contributed by atoms with Gasteiger partial charge in [0.15, 0.2) is 0 Å². The lowest BCUT2D eigenvalue weighted by atomic mass is 10.1. The van der Waals surface area contributed by atoms with Crippen LogP contribution in [0.4, 0.5) is 0 Å². The van der Waals surface area contributed by atoms with E-state index in [1.54, 1.807) is 18.2 Å². The first-order chi connectivity index (χ1) is 8.85. The second-order valence-electron chi connectivity index (χ2n) is 4.65. The van der Waals surface area contributed by atoms with Crippen LogP contribution in [0.25, 0.3) is 0 Å². The fraction of sp³-hybridized carbons (Fsp3) is 0.500. The zero-order valence-corrected chi connectivity index (χ0v) is 15.1. The molecule has 0 spiro atoms. The van der Waals surface area contributed by atoms with Crippen LogP contribution in [-0.4, -0.2) is 37.9 Å². The number of sulfonamides is 1. The third-order valence-electron chi connectivity index (χ3n) is 3.46. The Bertz CT molecular complexity index is 563. The summed E-state index contributed by atoms with van der Waals surface area (Å²) in [4.78, 5) is 0.151. The van der Waals surface area contributed by atoms with Gasteiger partial charge in [0.25, 0.3) is 0 Å². The Labute approximate surface area is 139 Å². The molecule has 0 aromatic heterocycles. The third kappa shape index (κ3) is 3.31. The number of piperazine rings is 1. The van der Waals surface area contributed by atoms with E-state index in [0.717, 1.165) is 0 Å². The van der Waals surface area contributed by atoms with Crippen LogP contribution in [0.2, 0.25) is 5.02 Å². The highest BCUT2D eigenvalue weighted by Gasteiger charge is 2.36. The van der Waals surface area contributed by atoms with Crippen LogP contribution in [0.5, 0.6) is 0 Å². The molecule has 0 bridgehead atoms. The van der Waals surface area contributed by atoms with E-state index in [9.17, 15) is 8.42 Å². The Hall–Kier alpha value is 0.150. The molecule has 2 rings (SSSR count).